The Hall–Kier alpha value is -2.28. The third-order valence-corrected chi connectivity index (χ3v) is 4.77. The molecule has 2 heterocycles. The summed E-state index contributed by atoms with van der Waals surface area (Å²) in [7, 11) is 0. The predicted molar refractivity (Wildman–Crippen MR) is 91.8 cm³/mol. The highest BCUT2D eigenvalue weighted by Crippen LogP contribution is 2.32. The lowest BCUT2D eigenvalue weighted by Crippen LogP contribution is -3.15. The number of quaternary nitrogens is 1. The quantitative estimate of drug-likeness (QED) is 0.761. The maximum Gasteiger partial charge on any atom is 0.275 e. The first-order valence-corrected chi connectivity index (χ1v) is 8.81. The van der Waals surface area contributed by atoms with Gasteiger partial charge in [-0.25, -0.2) is 0 Å². The van der Waals surface area contributed by atoms with Crippen molar-refractivity contribution in [1.82, 2.24) is 10.2 Å². The van der Waals surface area contributed by atoms with E-state index in [4.69, 9.17) is 9.47 Å². The van der Waals surface area contributed by atoms with E-state index in [-0.39, 0.29) is 17.9 Å². The minimum atomic E-state index is -0.0961. The summed E-state index contributed by atoms with van der Waals surface area (Å²) in [4.78, 5) is 26.7. The summed E-state index contributed by atoms with van der Waals surface area (Å²) in [6, 6.07) is 5.68. The molecule has 0 bridgehead atoms. The monoisotopic (exact) mass is 348 g/mol. The molecule has 1 aromatic rings. The van der Waals surface area contributed by atoms with Gasteiger partial charge in [0.05, 0.1) is 32.2 Å². The summed E-state index contributed by atoms with van der Waals surface area (Å²) in [6.45, 7) is 8.16. The molecule has 2 aliphatic heterocycles. The lowest BCUT2D eigenvalue weighted by Gasteiger charge is -2.31. The summed E-state index contributed by atoms with van der Waals surface area (Å²) >= 11 is 0. The molecule has 0 unspecified atom stereocenters. The second-order valence-electron chi connectivity index (χ2n) is 6.63. The van der Waals surface area contributed by atoms with Crippen LogP contribution in [0.15, 0.2) is 18.2 Å². The number of piperazine rings is 1. The van der Waals surface area contributed by atoms with Crippen molar-refractivity contribution in [2.24, 2.45) is 0 Å². The maximum atomic E-state index is 12.3. The molecule has 2 aliphatic rings. The lowest BCUT2D eigenvalue weighted by molar-refractivity contribution is -0.896. The normalized spacial score (nSPS) is 18.6. The second-order valence-corrected chi connectivity index (χ2v) is 6.63. The van der Waals surface area contributed by atoms with E-state index < -0.39 is 0 Å². The number of nitrogens with zero attached hydrogens (tertiary/aromatic N) is 1. The van der Waals surface area contributed by atoms with Crippen LogP contribution in [0, 0.1) is 0 Å². The molecule has 25 heavy (non-hydrogen) atoms. The zero-order chi connectivity index (χ0) is 17.8. The fourth-order valence-electron chi connectivity index (χ4n) is 3.25. The van der Waals surface area contributed by atoms with Crippen molar-refractivity contribution in [3.8, 4) is 11.5 Å². The first kappa shape index (κ1) is 17.5. The Morgan fingerprint density at radius 1 is 1.20 bits per heavy atom. The van der Waals surface area contributed by atoms with E-state index in [2.05, 4.69) is 5.32 Å². The molecule has 1 saturated heterocycles. The van der Waals surface area contributed by atoms with E-state index in [0.717, 1.165) is 43.2 Å². The molecule has 3 rings (SSSR count). The second kappa shape index (κ2) is 7.74. The smallest absolute Gasteiger partial charge is 0.275 e. The number of rotatable bonds is 4. The van der Waals surface area contributed by atoms with E-state index in [1.807, 2.05) is 30.0 Å². The molecule has 7 nitrogen and oxygen atoms in total. The van der Waals surface area contributed by atoms with Crippen LogP contribution in [0.5, 0.6) is 11.5 Å². The van der Waals surface area contributed by atoms with Crippen LogP contribution >= 0.6 is 0 Å². The molecule has 0 saturated carbocycles. The molecule has 2 N–H and O–H groups in total. The topological polar surface area (TPSA) is 72.3 Å². The summed E-state index contributed by atoms with van der Waals surface area (Å²) in [5, 5.41) is 3.05. The van der Waals surface area contributed by atoms with Crippen LogP contribution in [0.3, 0.4) is 0 Å². The van der Waals surface area contributed by atoms with Crippen molar-refractivity contribution in [2.45, 2.75) is 19.9 Å². The summed E-state index contributed by atoms with van der Waals surface area (Å²) in [5.41, 5.74) is 0.994. The van der Waals surface area contributed by atoms with Crippen molar-refractivity contribution in [3.05, 3.63) is 23.8 Å². The fraction of sp³-hybridized carbons (Fsp3) is 0.556. The zero-order valence-electron chi connectivity index (χ0n) is 14.8. The molecule has 0 spiro atoms. The predicted octanol–water partition coefficient (Wildman–Crippen LogP) is -0.618. The minimum absolute atomic E-state index is 0.0219. The van der Waals surface area contributed by atoms with Crippen LogP contribution in [-0.2, 0) is 9.59 Å². The van der Waals surface area contributed by atoms with Crippen molar-refractivity contribution in [3.63, 3.8) is 0 Å². The Balaban J connectivity index is 1.50. The lowest BCUT2D eigenvalue weighted by atomic mass is 10.1. The average molecular weight is 348 g/mol. The SMILES string of the molecule is CC(=O)N1CC[NH+](CC(=O)N[C@H](C)c2ccc3c(c2)OCCO3)CC1. The van der Waals surface area contributed by atoms with Gasteiger partial charge in [-0.2, -0.15) is 0 Å². The van der Waals surface area contributed by atoms with Crippen LogP contribution in [0.2, 0.25) is 0 Å². The van der Waals surface area contributed by atoms with Crippen molar-refractivity contribution < 1.29 is 24.0 Å². The van der Waals surface area contributed by atoms with Gasteiger partial charge in [-0.15, -0.1) is 0 Å². The number of amides is 2. The number of carbonyl (C=O) groups excluding carboxylic acids is 2. The van der Waals surface area contributed by atoms with E-state index in [1.54, 1.807) is 6.92 Å². The van der Waals surface area contributed by atoms with E-state index in [9.17, 15) is 9.59 Å². The Morgan fingerprint density at radius 2 is 1.88 bits per heavy atom. The molecule has 0 aliphatic carbocycles. The Bertz CT molecular complexity index is 641. The third kappa shape index (κ3) is 4.42. The van der Waals surface area contributed by atoms with Gasteiger partial charge in [-0.05, 0) is 24.6 Å². The fourth-order valence-corrected chi connectivity index (χ4v) is 3.25. The van der Waals surface area contributed by atoms with Gasteiger partial charge in [0.15, 0.2) is 18.0 Å². The minimum Gasteiger partial charge on any atom is -0.486 e. The van der Waals surface area contributed by atoms with Crippen molar-refractivity contribution >= 4 is 11.8 Å². The zero-order valence-corrected chi connectivity index (χ0v) is 14.8. The molecular weight excluding hydrogens is 322 g/mol. The molecule has 2 amide bonds. The molecule has 1 aromatic carbocycles. The van der Waals surface area contributed by atoms with Crippen molar-refractivity contribution in [2.75, 3.05) is 45.9 Å². The number of carbonyl (C=O) groups is 2. The molecule has 1 atom stereocenters. The number of fused-ring (bicyclic) bond motifs is 1. The Labute approximate surface area is 147 Å². The van der Waals surface area contributed by atoms with Crippen LogP contribution in [0.1, 0.15) is 25.5 Å². The van der Waals surface area contributed by atoms with Crippen molar-refractivity contribution in [1.29, 1.82) is 0 Å². The van der Waals surface area contributed by atoms with Gasteiger partial charge >= 0.3 is 0 Å². The number of hydrogen-bond acceptors (Lipinski definition) is 4. The molecule has 0 aromatic heterocycles. The largest absolute Gasteiger partial charge is 0.486 e. The molecular formula is C18H26N3O4+. The van der Waals surface area contributed by atoms with E-state index >= 15 is 0 Å². The van der Waals surface area contributed by atoms with Crippen LogP contribution in [0.4, 0.5) is 0 Å². The molecule has 136 valence electrons. The van der Waals surface area contributed by atoms with Gasteiger partial charge in [0.1, 0.15) is 13.2 Å². The summed E-state index contributed by atoms with van der Waals surface area (Å²) in [6.07, 6.45) is 0. The first-order chi connectivity index (χ1) is 12.0. The van der Waals surface area contributed by atoms with Gasteiger partial charge in [0.2, 0.25) is 5.91 Å². The average Bonchev–Trinajstić information content (AvgIpc) is 2.61. The highest BCUT2D eigenvalue weighted by Gasteiger charge is 2.24. The van der Waals surface area contributed by atoms with Crippen LogP contribution < -0.4 is 19.7 Å². The first-order valence-electron chi connectivity index (χ1n) is 8.81. The highest BCUT2D eigenvalue weighted by atomic mass is 16.6. The number of ether oxygens (including phenoxy) is 2. The van der Waals surface area contributed by atoms with Crippen LogP contribution in [-0.4, -0.2) is 62.7 Å². The molecule has 7 heteroatoms. The number of nitrogens with one attached hydrogen (secondary N) is 2. The molecule has 1 fully saturated rings. The van der Waals surface area contributed by atoms with Gasteiger partial charge in [-0.3, -0.25) is 9.59 Å². The molecule has 0 radical (unpaired) electrons. The summed E-state index contributed by atoms with van der Waals surface area (Å²) in [5.74, 6) is 1.61. The third-order valence-electron chi connectivity index (χ3n) is 4.77. The van der Waals surface area contributed by atoms with E-state index in [0.29, 0.717) is 19.8 Å². The van der Waals surface area contributed by atoms with Crippen LogP contribution in [0.25, 0.3) is 0 Å². The Morgan fingerprint density at radius 3 is 2.56 bits per heavy atom. The van der Waals surface area contributed by atoms with Gasteiger partial charge in [0.25, 0.3) is 5.91 Å². The standard InChI is InChI=1S/C18H25N3O4/c1-13(15-3-4-16-17(11-15)25-10-9-24-16)19-18(23)12-20-5-7-21(8-6-20)14(2)22/h3-4,11,13H,5-10,12H2,1-2H3,(H,19,23)/p+1/t13-/m1/s1. The van der Waals surface area contributed by atoms with Gasteiger partial charge in [0, 0.05) is 6.92 Å². The number of hydrogen-bond donors (Lipinski definition) is 2. The number of benzene rings is 1. The maximum absolute atomic E-state index is 12.3. The Kier molecular flexibility index (Phi) is 5.43. The van der Waals surface area contributed by atoms with Gasteiger partial charge < -0.3 is 24.6 Å². The van der Waals surface area contributed by atoms with Gasteiger partial charge in [-0.1, -0.05) is 6.07 Å². The van der Waals surface area contributed by atoms with E-state index in [1.165, 1.54) is 4.90 Å². The highest BCUT2D eigenvalue weighted by molar-refractivity contribution is 5.77. The summed E-state index contributed by atoms with van der Waals surface area (Å²) < 4.78 is 11.1.